The molecule has 6 nitrogen and oxygen atoms in total. The van der Waals surface area contributed by atoms with Crippen LogP contribution < -0.4 is 16.2 Å². The Bertz CT molecular complexity index is 683. The highest BCUT2D eigenvalue weighted by atomic mass is 35.5. The van der Waals surface area contributed by atoms with E-state index in [4.69, 9.17) is 16.0 Å². The molecule has 0 aliphatic heterocycles. The molecule has 22 heavy (non-hydrogen) atoms. The van der Waals surface area contributed by atoms with Crippen molar-refractivity contribution in [3.8, 4) is 0 Å². The molecule has 0 saturated carbocycles. The fourth-order valence-corrected chi connectivity index (χ4v) is 1.82. The molecule has 0 spiro atoms. The first kappa shape index (κ1) is 15.7. The number of furan rings is 1. The molecule has 1 aromatic carbocycles. The standard InChI is InChI=1S/C15H14ClN3O3/c1-10(13-7-4-8-22-13)18-19-14(20)9-17-15(21)11-5-2-3-6-12(11)16/h2-8,18H,1,9H2,(H,17,21)(H,19,20). The SMILES string of the molecule is C=C(NNC(=O)CNC(=O)c1ccccc1Cl)c1ccco1. The number of carbonyl (C=O) groups is 2. The summed E-state index contributed by atoms with van der Waals surface area (Å²) in [5, 5.41) is 2.79. The summed E-state index contributed by atoms with van der Waals surface area (Å²) in [4.78, 5) is 23.5. The molecule has 0 fully saturated rings. The van der Waals surface area contributed by atoms with Crippen LogP contribution in [0.5, 0.6) is 0 Å². The van der Waals surface area contributed by atoms with Gasteiger partial charge in [0.2, 0.25) is 0 Å². The van der Waals surface area contributed by atoms with E-state index in [1.54, 1.807) is 36.4 Å². The molecule has 7 heteroatoms. The molecule has 1 aromatic heterocycles. The van der Waals surface area contributed by atoms with Crippen LogP contribution in [0.4, 0.5) is 0 Å². The van der Waals surface area contributed by atoms with Crippen LogP contribution in [0.3, 0.4) is 0 Å². The van der Waals surface area contributed by atoms with Gasteiger partial charge in [0, 0.05) is 0 Å². The van der Waals surface area contributed by atoms with E-state index in [2.05, 4.69) is 22.7 Å². The topological polar surface area (TPSA) is 83.4 Å². The zero-order valence-corrected chi connectivity index (χ0v) is 12.3. The molecule has 0 aliphatic rings. The van der Waals surface area contributed by atoms with E-state index in [0.717, 1.165) is 0 Å². The predicted molar refractivity (Wildman–Crippen MR) is 82.8 cm³/mol. The summed E-state index contributed by atoms with van der Waals surface area (Å²) in [5.41, 5.74) is 5.70. The van der Waals surface area contributed by atoms with Crippen LogP contribution in [-0.4, -0.2) is 18.4 Å². The van der Waals surface area contributed by atoms with Crippen LogP contribution in [0.15, 0.2) is 53.7 Å². The summed E-state index contributed by atoms with van der Waals surface area (Å²) >= 11 is 5.90. The second kappa shape index (κ2) is 7.33. The largest absolute Gasteiger partial charge is 0.463 e. The number of amides is 2. The van der Waals surface area contributed by atoms with Crippen LogP contribution in [-0.2, 0) is 4.79 Å². The number of benzene rings is 1. The average molecular weight is 320 g/mol. The van der Waals surface area contributed by atoms with E-state index in [0.29, 0.717) is 22.0 Å². The molecule has 2 amide bonds. The maximum absolute atomic E-state index is 11.9. The number of hydrogen-bond acceptors (Lipinski definition) is 4. The molecule has 2 aromatic rings. The average Bonchev–Trinajstić information content (AvgIpc) is 3.05. The Kier molecular flexibility index (Phi) is 5.21. The van der Waals surface area contributed by atoms with Crippen molar-refractivity contribution < 1.29 is 14.0 Å². The first-order valence-electron chi connectivity index (χ1n) is 6.38. The van der Waals surface area contributed by atoms with E-state index in [1.807, 2.05) is 0 Å². The summed E-state index contributed by atoms with van der Waals surface area (Å²) in [6.07, 6.45) is 1.49. The molecule has 0 unspecified atom stereocenters. The molecule has 0 saturated heterocycles. The Labute approximate surface area is 132 Å². The third-order valence-electron chi connectivity index (χ3n) is 2.70. The first-order valence-corrected chi connectivity index (χ1v) is 6.76. The Morgan fingerprint density at radius 2 is 1.91 bits per heavy atom. The Hall–Kier alpha value is -2.73. The highest BCUT2D eigenvalue weighted by molar-refractivity contribution is 6.33. The van der Waals surface area contributed by atoms with Crippen LogP contribution in [0.1, 0.15) is 16.1 Å². The summed E-state index contributed by atoms with van der Waals surface area (Å²) < 4.78 is 5.10. The van der Waals surface area contributed by atoms with Gasteiger partial charge in [0.25, 0.3) is 11.8 Å². The zero-order chi connectivity index (χ0) is 15.9. The molecule has 0 aliphatic carbocycles. The van der Waals surface area contributed by atoms with Crippen molar-refractivity contribution in [2.75, 3.05) is 6.54 Å². The van der Waals surface area contributed by atoms with Gasteiger partial charge in [0.1, 0.15) is 0 Å². The quantitative estimate of drug-likeness (QED) is 0.711. The number of halogens is 1. The van der Waals surface area contributed by atoms with Gasteiger partial charge >= 0.3 is 0 Å². The fraction of sp³-hybridized carbons (Fsp3) is 0.0667. The highest BCUT2D eigenvalue weighted by Crippen LogP contribution is 2.14. The number of rotatable bonds is 6. The molecule has 0 bridgehead atoms. The van der Waals surface area contributed by atoms with Crippen molar-refractivity contribution in [1.29, 1.82) is 0 Å². The van der Waals surface area contributed by atoms with Gasteiger partial charge in [-0.05, 0) is 24.3 Å². The minimum Gasteiger partial charge on any atom is -0.463 e. The third-order valence-corrected chi connectivity index (χ3v) is 3.03. The number of carbonyl (C=O) groups excluding carboxylic acids is 2. The van der Waals surface area contributed by atoms with Crippen LogP contribution in [0.25, 0.3) is 5.70 Å². The lowest BCUT2D eigenvalue weighted by Gasteiger charge is -2.10. The fourth-order valence-electron chi connectivity index (χ4n) is 1.60. The van der Waals surface area contributed by atoms with Crippen molar-refractivity contribution >= 4 is 29.1 Å². The van der Waals surface area contributed by atoms with Gasteiger partial charge in [-0.15, -0.1) is 0 Å². The van der Waals surface area contributed by atoms with Crippen LogP contribution in [0, 0.1) is 0 Å². The summed E-state index contributed by atoms with van der Waals surface area (Å²) in [5.74, 6) is -0.362. The minimum absolute atomic E-state index is 0.206. The van der Waals surface area contributed by atoms with E-state index < -0.39 is 11.8 Å². The van der Waals surface area contributed by atoms with E-state index >= 15 is 0 Å². The third kappa shape index (κ3) is 4.13. The molecule has 3 N–H and O–H groups in total. The van der Waals surface area contributed by atoms with Gasteiger partial charge in [-0.3, -0.25) is 20.4 Å². The molecule has 0 atom stereocenters. The number of hydrazine groups is 1. The van der Waals surface area contributed by atoms with Crippen molar-refractivity contribution in [3.05, 3.63) is 65.6 Å². The molecule has 0 radical (unpaired) electrons. The monoisotopic (exact) mass is 319 g/mol. The lowest BCUT2D eigenvalue weighted by molar-refractivity contribution is -0.120. The summed E-state index contributed by atoms with van der Waals surface area (Å²) in [6.45, 7) is 3.49. The first-order chi connectivity index (χ1) is 10.6. The zero-order valence-electron chi connectivity index (χ0n) is 11.6. The molecular formula is C15H14ClN3O3. The van der Waals surface area contributed by atoms with Crippen molar-refractivity contribution in [2.24, 2.45) is 0 Å². The van der Waals surface area contributed by atoms with Gasteiger partial charge in [-0.2, -0.15) is 0 Å². The highest BCUT2D eigenvalue weighted by Gasteiger charge is 2.11. The van der Waals surface area contributed by atoms with Crippen molar-refractivity contribution in [3.63, 3.8) is 0 Å². The van der Waals surface area contributed by atoms with Gasteiger partial charge < -0.3 is 9.73 Å². The second-order valence-electron chi connectivity index (χ2n) is 4.29. The lowest BCUT2D eigenvalue weighted by atomic mass is 10.2. The lowest BCUT2D eigenvalue weighted by Crippen LogP contribution is -2.42. The van der Waals surface area contributed by atoms with Crippen molar-refractivity contribution in [2.45, 2.75) is 0 Å². The van der Waals surface area contributed by atoms with Gasteiger partial charge in [-0.25, -0.2) is 0 Å². The predicted octanol–water partition coefficient (Wildman–Crippen LogP) is 1.95. The maximum atomic E-state index is 11.9. The van der Waals surface area contributed by atoms with E-state index in [1.165, 1.54) is 6.26 Å². The number of nitrogens with one attached hydrogen (secondary N) is 3. The molecule has 2 rings (SSSR count). The van der Waals surface area contributed by atoms with E-state index in [-0.39, 0.29) is 6.54 Å². The van der Waals surface area contributed by atoms with Crippen LogP contribution >= 0.6 is 11.6 Å². The Balaban J connectivity index is 1.77. The summed E-state index contributed by atoms with van der Waals surface area (Å²) in [6, 6.07) is 9.98. The number of hydrogen-bond donors (Lipinski definition) is 3. The smallest absolute Gasteiger partial charge is 0.257 e. The van der Waals surface area contributed by atoms with Crippen molar-refractivity contribution in [1.82, 2.24) is 16.2 Å². The summed E-state index contributed by atoms with van der Waals surface area (Å²) in [7, 11) is 0. The van der Waals surface area contributed by atoms with Gasteiger partial charge in [0.05, 0.1) is 29.1 Å². The van der Waals surface area contributed by atoms with Gasteiger partial charge in [-0.1, -0.05) is 30.3 Å². The maximum Gasteiger partial charge on any atom is 0.257 e. The molecule has 114 valence electrons. The minimum atomic E-state index is -0.437. The van der Waals surface area contributed by atoms with Crippen LogP contribution in [0.2, 0.25) is 5.02 Å². The van der Waals surface area contributed by atoms with Gasteiger partial charge in [0.15, 0.2) is 5.76 Å². The van der Waals surface area contributed by atoms with E-state index in [9.17, 15) is 9.59 Å². The molecule has 1 heterocycles. The normalized spacial score (nSPS) is 9.86. The second-order valence-corrected chi connectivity index (χ2v) is 4.70. The molecular weight excluding hydrogens is 306 g/mol. The Morgan fingerprint density at radius 3 is 2.59 bits per heavy atom. The Morgan fingerprint density at radius 1 is 1.14 bits per heavy atom.